The van der Waals surface area contributed by atoms with Gasteiger partial charge in [-0.15, -0.1) is 0 Å². The third-order valence-corrected chi connectivity index (χ3v) is 5.98. The van der Waals surface area contributed by atoms with Crippen molar-refractivity contribution in [3.05, 3.63) is 70.8 Å². The van der Waals surface area contributed by atoms with Gasteiger partial charge in [-0.2, -0.15) is 5.26 Å². The molecule has 0 radical (unpaired) electrons. The Labute approximate surface area is 196 Å². The van der Waals surface area contributed by atoms with Crippen LogP contribution >= 0.6 is 0 Å². The summed E-state index contributed by atoms with van der Waals surface area (Å²) in [6.07, 6.45) is 3.20. The summed E-state index contributed by atoms with van der Waals surface area (Å²) >= 11 is 0. The van der Waals surface area contributed by atoms with Gasteiger partial charge in [0.25, 0.3) is 0 Å². The first-order chi connectivity index (χ1) is 15.1. The van der Waals surface area contributed by atoms with E-state index in [-0.39, 0.29) is 11.5 Å². The fourth-order valence-corrected chi connectivity index (χ4v) is 4.56. The second-order valence-electron chi connectivity index (χ2n) is 11.0. The number of rotatable bonds is 11. The van der Waals surface area contributed by atoms with Crippen LogP contribution < -0.4 is 10.6 Å². The second kappa shape index (κ2) is 11.6. The van der Waals surface area contributed by atoms with Gasteiger partial charge in [-0.1, -0.05) is 84.9 Å². The number of nitriles is 1. The van der Waals surface area contributed by atoms with E-state index in [4.69, 9.17) is 5.26 Å². The molecule has 2 atom stereocenters. The number of nitrogens with zero attached hydrogens (tertiary/aromatic N) is 1. The van der Waals surface area contributed by atoms with Gasteiger partial charge in [0.15, 0.2) is 0 Å². The maximum Gasteiger partial charge on any atom is 0.0991 e. The highest BCUT2D eigenvalue weighted by Crippen LogP contribution is 2.34. The fraction of sp³-hybridized carbons (Fsp3) is 0.552. The zero-order valence-corrected chi connectivity index (χ0v) is 21.3. The Morgan fingerprint density at radius 2 is 1.22 bits per heavy atom. The van der Waals surface area contributed by atoms with E-state index >= 15 is 0 Å². The van der Waals surface area contributed by atoms with Crippen LogP contribution in [0.1, 0.15) is 95.6 Å². The predicted molar refractivity (Wildman–Crippen MR) is 137 cm³/mol. The average Bonchev–Trinajstić information content (AvgIpc) is 2.72. The van der Waals surface area contributed by atoms with Crippen molar-refractivity contribution in [3.8, 4) is 6.07 Å². The first kappa shape index (κ1) is 26.1. The summed E-state index contributed by atoms with van der Waals surface area (Å²) in [4.78, 5) is 0. The summed E-state index contributed by atoms with van der Waals surface area (Å²) in [5, 5.41) is 16.4. The van der Waals surface area contributed by atoms with Gasteiger partial charge in [0.1, 0.15) is 0 Å². The fourth-order valence-electron chi connectivity index (χ4n) is 4.56. The van der Waals surface area contributed by atoms with E-state index in [1.165, 1.54) is 16.7 Å². The van der Waals surface area contributed by atoms with Crippen LogP contribution in [0.15, 0.2) is 48.5 Å². The molecule has 2 aromatic rings. The van der Waals surface area contributed by atoms with Gasteiger partial charge in [0.05, 0.1) is 11.6 Å². The van der Waals surface area contributed by atoms with E-state index in [1.54, 1.807) is 0 Å². The summed E-state index contributed by atoms with van der Waals surface area (Å²) in [6, 6.07) is 20.2. The average molecular weight is 434 g/mol. The Morgan fingerprint density at radius 3 is 1.66 bits per heavy atom. The van der Waals surface area contributed by atoms with Crippen molar-refractivity contribution in [1.82, 2.24) is 10.6 Å². The molecule has 2 rings (SSSR count). The van der Waals surface area contributed by atoms with E-state index in [9.17, 15) is 0 Å². The number of hydrogen-bond acceptors (Lipinski definition) is 3. The van der Waals surface area contributed by atoms with Crippen molar-refractivity contribution < 1.29 is 0 Å². The Balaban J connectivity index is 2.11. The lowest BCUT2D eigenvalue weighted by molar-refractivity contribution is 0.281. The molecule has 2 aromatic carbocycles. The normalized spacial score (nSPS) is 14.1. The van der Waals surface area contributed by atoms with Crippen molar-refractivity contribution in [2.24, 2.45) is 10.8 Å². The molecule has 0 bridgehead atoms. The van der Waals surface area contributed by atoms with Gasteiger partial charge in [0.2, 0.25) is 0 Å². The van der Waals surface area contributed by atoms with Gasteiger partial charge in [-0.05, 0) is 72.0 Å². The lowest BCUT2D eigenvalue weighted by Gasteiger charge is -2.31. The smallest absolute Gasteiger partial charge is 0.0991 e. The quantitative estimate of drug-likeness (QED) is 0.403. The molecule has 0 aliphatic carbocycles. The number of hydrogen-bond donors (Lipinski definition) is 2. The topological polar surface area (TPSA) is 47.8 Å². The number of benzene rings is 2. The third kappa shape index (κ3) is 8.41. The molecule has 2 unspecified atom stereocenters. The molecule has 0 heterocycles. The van der Waals surface area contributed by atoms with E-state index < -0.39 is 0 Å². The Kier molecular flexibility index (Phi) is 9.49. The van der Waals surface area contributed by atoms with Crippen LogP contribution in [0.4, 0.5) is 0 Å². The highest BCUT2D eigenvalue weighted by molar-refractivity contribution is 5.33. The molecule has 3 nitrogen and oxygen atoms in total. The molecule has 0 fully saturated rings. The first-order valence-corrected chi connectivity index (χ1v) is 12.1. The van der Waals surface area contributed by atoms with Gasteiger partial charge in [-0.25, -0.2) is 0 Å². The molecule has 0 aliphatic rings. The summed E-state index contributed by atoms with van der Waals surface area (Å²) in [7, 11) is 0. The molecule has 0 saturated heterocycles. The molecule has 32 heavy (non-hydrogen) atoms. The van der Waals surface area contributed by atoms with Crippen LogP contribution in [-0.2, 0) is 6.42 Å². The minimum atomic E-state index is 0.148. The van der Waals surface area contributed by atoms with E-state index in [0.29, 0.717) is 17.0 Å². The first-order valence-electron chi connectivity index (χ1n) is 12.1. The number of nitrogens with one attached hydrogen (secondary N) is 2. The van der Waals surface area contributed by atoms with Crippen molar-refractivity contribution in [2.45, 2.75) is 79.8 Å². The molecule has 0 aromatic heterocycles. The molecule has 2 N–H and O–H groups in total. The van der Waals surface area contributed by atoms with Crippen molar-refractivity contribution in [2.75, 3.05) is 13.1 Å². The van der Waals surface area contributed by atoms with Crippen molar-refractivity contribution in [1.29, 1.82) is 5.26 Å². The summed E-state index contributed by atoms with van der Waals surface area (Å²) < 4.78 is 0. The maximum absolute atomic E-state index is 9.09. The third-order valence-electron chi connectivity index (χ3n) is 5.98. The second-order valence-corrected chi connectivity index (χ2v) is 11.0. The van der Waals surface area contributed by atoms with Crippen LogP contribution in [0.25, 0.3) is 0 Å². The van der Waals surface area contributed by atoms with Crippen LogP contribution in [0, 0.1) is 22.2 Å². The van der Waals surface area contributed by atoms with Crippen molar-refractivity contribution >= 4 is 0 Å². The minimum Gasteiger partial charge on any atom is -0.310 e. The van der Waals surface area contributed by atoms with Gasteiger partial charge in [-0.3, -0.25) is 0 Å². The summed E-state index contributed by atoms with van der Waals surface area (Å²) in [5.74, 6) is 0. The van der Waals surface area contributed by atoms with Gasteiger partial charge in [0, 0.05) is 12.1 Å². The monoisotopic (exact) mass is 433 g/mol. The maximum atomic E-state index is 9.09. The van der Waals surface area contributed by atoms with Crippen LogP contribution in [0.2, 0.25) is 0 Å². The molecule has 0 amide bonds. The molecule has 3 heteroatoms. The van der Waals surface area contributed by atoms with E-state index in [1.807, 2.05) is 12.1 Å². The van der Waals surface area contributed by atoms with Gasteiger partial charge < -0.3 is 10.6 Å². The van der Waals surface area contributed by atoms with Gasteiger partial charge >= 0.3 is 0 Å². The molecule has 0 aliphatic heterocycles. The van der Waals surface area contributed by atoms with Crippen LogP contribution in [0.5, 0.6) is 0 Å². The molecule has 174 valence electrons. The Bertz CT molecular complexity index is 851. The SMILES string of the molecule is CCNC(CC(C)(C)C)c1ccc(CC(C)(C)CC(NCC)c2ccc(C#N)cc2)cc1. The molecular formula is C29H43N3. The summed E-state index contributed by atoms with van der Waals surface area (Å²) in [5.41, 5.74) is 5.18. The largest absolute Gasteiger partial charge is 0.310 e. The van der Waals surface area contributed by atoms with Crippen molar-refractivity contribution in [3.63, 3.8) is 0 Å². The Morgan fingerprint density at radius 1 is 0.750 bits per heavy atom. The van der Waals surface area contributed by atoms with Crippen LogP contribution in [0.3, 0.4) is 0 Å². The predicted octanol–water partition coefficient (Wildman–Crippen LogP) is 6.95. The zero-order valence-electron chi connectivity index (χ0n) is 21.3. The molecule has 0 saturated carbocycles. The van der Waals surface area contributed by atoms with E-state index in [2.05, 4.69) is 102 Å². The summed E-state index contributed by atoms with van der Waals surface area (Å²) in [6.45, 7) is 17.9. The van der Waals surface area contributed by atoms with E-state index in [0.717, 1.165) is 32.4 Å². The molecule has 0 spiro atoms. The molecular weight excluding hydrogens is 390 g/mol. The highest BCUT2D eigenvalue weighted by Gasteiger charge is 2.25. The lowest BCUT2D eigenvalue weighted by atomic mass is 9.78. The van der Waals surface area contributed by atoms with Crippen LogP contribution in [-0.4, -0.2) is 13.1 Å². The lowest BCUT2D eigenvalue weighted by Crippen LogP contribution is -2.28. The zero-order chi connectivity index (χ0) is 23.8. The Hall–Kier alpha value is -2.15. The standard InChI is InChI=1S/C29H43N3/c1-8-31-26(19-28(3,4)5)24-14-10-22(11-15-24)18-29(6,7)20-27(32-9-2)25-16-12-23(21-30)13-17-25/h10-17,26-27,31-32H,8-9,18-20H2,1-7H3. The highest BCUT2D eigenvalue weighted by atomic mass is 14.9. The minimum absolute atomic E-state index is 0.148.